The molecule has 2 aromatic heterocycles. The molecule has 7 heteroatoms. The van der Waals surface area contributed by atoms with Crippen LogP contribution in [0.15, 0.2) is 35.4 Å². The van der Waals surface area contributed by atoms with Gasteiger partial charge < -0.3 is 19.4 Å². The van der Waals surface area contributed by atoms with Gasteiger partial charge in [-0.25, -0.2) is 9.97 Å². The lowest BCUT2D eigenvalue weighted by Crippen LogP contribution is -2.37. The SMILES string of the molecule is CCOc1nccnc1N1CC[C@@H](NC(=O)c2ccoc2)C1. The molecule has 3 heterocycles. The first-order chi connectivity index (χ1) is 10.8. The summed E-state index contributed by atoms with van der Waals surface area (Å²) in [4.78, 5) is 22.7. The van der Waals surface area contributed by atoms with Gasteiger partial charge in [0.15, 0.2) is 5.82 Å². The molecule has 0 unspecified atom stereocenters. The van der Waals surface area contributed by atoms with E-state index in [0.29, 0.717) is 24.6 Å². The van der Waals surface area contributed by atoms with E-state index in [1.54, 1.807) is 18.5 Å². The summed E-state index contributed by atoms with van der Waals surface area (Å²) >= 11 is 0. The fourth-order valence-corrected chi connectivity index (χ4v) is 2.51. The van der Waals surface area contributed by atoms with Crippen molar-refractivity contribution >= 4 is 11.7 Å². The predicted octanol–water partition coefficient (Wildman–Crippen LogP) is 1.48. The molecule has 1 amide bonds. The monoisotopic (exact) mass is 302 g/mol. The highest BCUT2D eigenvalue weighted by Crippen LogP contribution is 2.26. The fraction of sp³-hybridized carbons (Fsp3) is 0.400. The van der Waals surface area contributed by atoms with E-state index in [0.717, 1.165) is 18.8 Å². The normalized spacial score (nSPS) is 17.5. The molecular formula is C15H18N4O3. The summed E-state index contributed by atoms with van der Waals surface area (Å²) < 4.78 is 10.4. The van der Waals surface area contributed by atoms with Crippen molar-refractivity contribution in [1.29, 1.82) is 0 Å². The van der Waals surface area contributed by atoms with E-state index in [2.05, 4.69) is 20.2 Å². The molecular weight excluding hydrogens is 284 g/mol. The Kier molecular flexibility index (Phi) is 4.22. The van der Waals surface area contributed by atoms with Crippen LogP contribution in [-0.2, 0) is 0 Å². The predicted molar refractivity (Wildman–Crippen MR) is 80.0 cm³/mol. The van der Waals surface area contributed by atoms with Crippen molar-refractivity contribution in [1.82, 2.24) is 15.3 Å². The molecule has 1 aliphatic heterocycles. The zero-order valence-electron chi connectivity index (χ0n) is 12.4. The van der Waals surface area contributed by atoms with E-state index in [1.807, 2.05) is 6.92 Å². The Morgan fingerprint density at radius 3 is 3.14 bits per heavy atom. The lowest BCUT2D eigenvalue weighted by atomic mass is 10.2. The Balaban J connectivity index is 1.64. The van der Waals surface area contributed by atoms with Gasteiger partial charge in [0.25, 0.3) is 11.8 Å². The van der Waals surface area contributed by atoms with Crippen molar-refractivity contribution in [3.63, 3.8) is 0 Å². The quantitative estimate of drug-likeness (QED) is 0.901. The van der Waals surface area contributed by atoms with Crippen LogP contribution in [0.3, 0.4) is 0 Å². The average Bonchev–Trinajstić information content (AvgIpc) is 3.19. The van der Waals surface area contributed by atoms with Gasteiger partial charge in [0.2, 0.25) is 0 Å². The lowest BCUT2D eigenvalue weighted by molar-refractivity contribution is 0.0940. The fourth-order valence-electron chi connectivity index (χ4n) is 2.51. The third-order valence-electron chi connectivity index (χ3n) is 3.53. The molecule has 7 nitrogen and oxygen atoms in total. The van der Waals surface area contributed by atoms with Gasteiger partial charge in [-0.3, -0.25) is 4.79 Å². The molecule has 0 aliphatic carbocycles. The summed E-state index contributed by atoms with van der Waals surface area (Å²) in [5, 5.41) is 3.00. The summed E-state index contributed by atoms with van der Waals surface area (Å²) in [7, 11) is 0. The second-order valence-corrected chi connectivity index (χ2v) is 5.04. The van der Waals surface area contributed by atoms with Gasteiger partial charge in [0, 0.05) is 31.5 Å². The van der Waals surface area contributed by atoms with Gasteiger partial charge in [-0.2, -0.15) is 0 Å². The minimum atomic E-state index is -0.121. The molecule has 0 bridgehead atoms. The Hall–Kier alpha value is -2.57. The smallest absolute Gasteiger partial charge is 0.257 e. The molecule has 3 rings (SSSR count). The van der Waals surface area contributed by atoms with Crippen LogP contribution < -0.4 is 15.0 Å². The van der Waals surface area contributed by atoms with Gasteiger partial charge in [0.1, 0.15) is 6.26 Å². The molecule has 0 aromatic carbocycles. The summed E-state index contributed by atoms with van der Waals surface area (Å²) in [5.41, 5.74) is 0.535. The molecule has 22 heavy (non-hydrogen) atoms. The molecule has 1 aliphatic rings. The summed E-state index contributed by atoms with van der Waals surface area (Å²) in [6, 6.07) is 1.72. The highest BCUT2D eigenvalue weighted by molar-refractivity contribution is 5.94. The molecule has 2 aromatic rings. The molecule has 0 radical (unpaired) electrons. The van der Waals surface area contributed by atoms with E-state index in [-0.39, 0.29) is 11.9 Å². The molecule has 116 valence electrons. The van der Waals surface area contributed by atoms with Crippen LogP contribution in [0.25, 0.3) is 0 Å². The molecule has 0 saturated carbocycles. The van der Waals surface area contributed by atoms with Crippen LogP contribution in [-0.4, -0.2) is 41.6 Å². The molecule has 1 atom stereocenters. The first-order valence-corrected chi connectivity index (χ1v) is 7.29. The summed E-state index contributed by atoms with van der Waals surface area (Å²) in [6.07, 6.45) is 7.05. The highest BCUT2D eigenvalue weighted by Gasteiger charge is 2.27. The second kappa shape index (κ2) is 6.46. The first-order valence-electron chi connectivity index (χ1n) is 7.29. The van der Waals surface area contributed by atoms with Crippen LogP contribution >= 0.6 is 0 Å². The van der Waals surface area contributed by atoms with Crippen molar-refractivity contribution in [3.05, 3.63) is 36.5 Å². The van der Waals surface area contributed by atoms with Gasteiger partial charge in [0.05, 0.1) is 18.4 Å². The maximum Gasteiger partial charge on any atom is 0.257 e. The van der Waals surface area contributed by atoms with Crippen LogP contribution in [0.2, 0.25) is 0 Å². The number of hydrogen-bond donors (Lipinski definition) is 1. The number of anilines is 1. The minimum absolute atomic E-state index is 0.0684. The number of rotatable bonds is 5. The standard InChI is InChI=1S/C15H18N4O3/c1-2-22-15-13(16-5-6-17-15)19-7-3-12(9-19)18-14(20)11-4-8-21-10-11/h4-6,8,10,12H,2-3,7,9H2,1H3,(H,18,20)/t12-/m1/s1. The van der Waals surface area contributed by atoms with Crippen LogP contribution in [0.1, 0.15) is 23.7 Å². The van der Waals surface area contributed by atoms with Crippen molar-refractivity contribution in [2.45, 2.75) is 19.4 Å². The third kappa shape index (κ3) is 3.03. The van der Waals surface area contributed by atoms with Crippen LogP contribution in [0.5, 0.6) is 5.88 Å². The number of nitrogens with zero attached hydrogens (tertiary/aromatic N) is 3. The van der Waals surface area contributed by atoms with Crippen LogP contribution in [0.4, 0.5) is 5.82 Å². The molecule has 1 saturated heterocycles. The molecule has 1 fully saturated rings. The topological polar surface area (TPSA) is 80.5 Å². The maximum atomic E-state index is 12.0. The average molecular weight is 302 g/mol. The largest absolute Gasteiger partial charge is 0.475 e. The van der Waals surface area contributed by atoms with Crippen molar-refractivity contribution in [2.24, 2.45) is 0 Å². The van der Waals surface area contributed by atoms with E-state index in [9.17, 15) is 4.79 Å². The van der Waals surface area contributed by atoms with E-state index < -0.39 is 0 Å². The van der Waals surface area contributed by atoms with Gasteiger partial charge in [-0.05, 0) is 19.4 Å². The summed E-state index contributed by atoms with van der Waals surface area (Å²) in [6.45, 7) is 3.94. The van der Waals surface area contributed by atoms with Gasteiger partial charge >= 0.3 is 0 Å². The van der Waals surface area contributed by atoms with Crippen LogP contribution in [0, 0.1) is 0 Å². The lowest BCUT2D eigenvalue weighted by Gasteiger charge is -2.19. The molecule has 0 spiro atoms. The number of hydrogen-bond acceptors (Lipinski definition) is 6. The Morgan fingerprint density at radius 1 is 1.50 bits per heavy atom. The maximum absolute atomic E-state index is 12.0. The zero-order chi connectivity index (χ0) is 15.4. The van der Waals surface area contributed by atoms with Crippen molar-refractivity contribution in [3.8, 4) is 5.88 Å². The van der Waals surface area contributed by atoms with E-state index in [4.69, 9.17) is 9.15 Å². The highest BCUT2D eigenvalue weighted by atomic mass is 16.5. The van der Waals surface area contributed by atoms with Crippen molar-refractivity contribution < 1.29 is 13.9 Å². The number of nitrogens with one attached hydrogen (secondary N) is 1. The number of furan rings is 1. The molecule has 1 N–H and O–H groups in total. The number of aromatic nitrogens is 2. The Labute approximate surface area is 128 Å². The number of carbonyl (C=O) groups is 1. The number of amides is 1. The Morgan fingerprint density at radius 2 is 2.36 bits per heavy atom. The first kappa shape index (κ1) is 14.4. The zero-order valence-corrected chi connectivity index (χ0v) is 12.4. The minimum Gasteiger partial charge on any atom is -0.475 e. The van der Waals surface area contributed by atoms with Gasteiger partial charge in [-0.1, -0.05) is 0 Å². The van der Waals surface area contributed by atoms with E-state index >= 15 is 0 Å². The van der Waals surface area contributed by atoms with Gasteiger partial charge in [-0.15, -0.1) is 0 Å². The number of ether oxygens (including phenoxy) is 1. The van der Waals surface area contributed by atoms with E-state index in [1.165, 1.54) is 12.5 Å². The second-order valence-electron chi connectivity index (χ2n) is 5.04. The Bertz CT molecular complexity index is 629. The van der Waals surface area contributed by atoms with Crippen molar-refractivity contribution in [2.75, 3.05) is 24.6 Å². The number of carbonyl (C=O) groups excluding carboxylic acids is 1. The summed E-state index contributed by atoms with van der Waals surface area (Å²) in [5.74, 6) is 1.14. The third-order valence-corrected chi connectivity index (χ3v) is 3.53.